The SMILES string of the molecule is C(=C\c1cccc(OCc2ccccc2)c1)/c1cccc(OCc2ccccc2)c1. The second kappa shape index (κ2) is 10.1. The molecular formula is C28H24O2. The van der Waals surface area contributed by atoms with E-state index in [1.165, 1.54) is 0 Å². The summed E-state index contributed by atoms with van der Waals surface area (Å²) in [5.74, 6) is 1.72. The lowest BCUT2D eigenvalue weighted by Gasteiger charge is -2.07. The molecule has 0 unspecified atom stereocenters. The maximum absolute atomic E-state index is 5.92. The first kappa shape index (κ1) is 19.5. The van der Waals surface area contributed by atoms with E-state index >= 15 is 0 Å². The van der Waals surface area contributed by atoms with Crippen LogP contribution in [0.3, 0.4) is 0 Å². The van der Waals surface area contributed by atoms with Crippen LogP contribution in [0.4, 0.5) is 0 Å². The number of hydrogen-bond donors (Lipinski definition) is 0. The van der Waals surface area contributed by atoms with Crippen LogP contribution in [-0.2, 0) is 13.2 Å². The predicted octanol–water partition coefficient (Wildman–Crippen LogP) is 7.02. The van der Waals surface area contributed by atoms with Gasteiger partial charge >= 0.3 is 0 Å². The van der Waals surface area contributed by atoms with Crippen molar-refractivity contribution in [3.63, 3.8) is 0 Å². The lowest BCUT2D eigenvalue weighted by molar-refractivity contribution is 0.306. The maximum atomic E-state index is 5.92. The highest BCUT2D eigenvalue weighted by atomic mass is 16.5. The first-order valence-electron chi connectivity index (χ1n) is 10.1. The Morgan fingerprint density at radius 1 is 0.467 bits per heavy atom. The lowest BCUT2D eigenvalue weighted by Crippen LogP contribution is -1.95. The molecule has 4 aromatic rings. The van der Waals surface area contributed by atoms with Crippen molar-refractivity contribution >= 4 is 12.2 Å². The van der Waals surface area contributed by atoms with Crippen molar-refractivity contribution in [2.45, 2.75) is 13.2 Å². The predicted molar refractivity (Wildman–Crippen MR) is 123 cm³/mol. The minimum absolute atomic E-state index is 0.564. The third-order valence-corrected chi connectivity index (χ3v) is 4.68. The first-order valence-corrected chi connectivity index (χ1v) is 10.1. The summed E-state index contributed by atoms with van der Waals surface area (Å²) in [4.78, 5) is 0. The molecule has 0 saturated heterocycles. The average molecular weight is 392 g/mol. The number of ether oxygens (including phenoxy) is 2. The van der Waals surface area contributed by atoms with E-state index in [0.29, 0.717) is 13.2 Å². The Morgan fingerprint density at radius 3 is 1.33 bits per heavy atom. The van der Waals surface area contributed by atoms with E-state index in [2.05, 4.69) is 60.7 Å². The van der Waals surface area contributed by atoms with Crippen LogP contribution in [0.15, 0.2) is 109 Å². The number of hydrogen-bond acceptors (Lipinski definition) is 2. The summed E-state index contributed by atoms with van der Waals surface area (Å²) in [5, 5.41) is 0. The molecule has 0 aliphatic heterocycles. The van der Waals surface area contributed by atoms with Crippen molar-refractivity contribution < 1.29 is 9.47 Å². The molecule has 0 bridgehead atoms. The number of rotatable bonds is 8. The Morgan fingerprint density at radius 2 is 0.900 bits per heavy atom. The van der Waals surface area contributed by atoms with Gasteiger partial charge in [-0.1, -0.05) is 97.1 Å². The van der Waals surface area contributed by atoms with E-state index in [1.807, 2.05) is 60.7 Å². The third kappa shape index (κ3) is 5.86. The average Bonchev–Trinajstić information content (AvgIpc) is 2.82. The molecule has 0 aliphatic rings. The molecular weight excluding hydrogens is 368 g/mol. The van der Waals surface area contributed by atoms with Gasteiger partial charge in [0.25, 0.3) is 0 Å². The summed E-state index contributed by atoms with van der Waals surface area (Å²) < 4.78 is 11.8. The molecule has 0 radical (unpaired) electrons. The molecule has 0 spiro atoms. The van der Waals surface area contributed by atoms with Crippen molar-refractivity contribution in [1.82, 2.24) is 0 Å². The highest BCUT2D eigenvalue weighted by Gasteiger charge is 1.99. The van der Waals surface area contributed by atoms with Gasteiger partial charge in [-0.15, -0.1) is 0 Å². The van der Waals surface area contributed by atoms with Crippen LogP contribution in [0.1, 0.15) is 22.3 Å². The molecule has 30 heavy (non-hydrogen) atoms. The van der Waals surface area contributed by atoms with Crippen LogP contribution in [0.2, 0.25) is 0 Å². The van der Waals surface area contributed by atoms with Crippen molar-refractivity contribution in [3.8, 4) is 11.5 Å². The molecule has 0 N–H and O–H groups in total. The van der Waals surface area contributed by atoms with Gasteiger partial charge in [-0.25, -0.2) is 0 Å². The van der Waals surface area contributed by atoms with Crippen LogP contribution < -0.4 is 9.47 Å². The second-order valence-corrected chi connectivity index (χ2v) is 7.03. The Bertz CT molecular complexity index is 997. The summed E-state index contributed by atoms with van der Waals surface area (Å²) in [6.07, 6.45) is 4.18. The zero-order valence-electron chi connectivity index (χ0n) is 16.8. The van der Waals surface area contributed by atoms with E-state index in [1.54, 1.807) is 0 Å². The summed E-state index contributed by atoms with van der Waals surface area (Å²) in [6.45, 7) is 1.13. The zero-order valence-corrected chi connectivity index (χ0v) is 16.8. The smallest absolute Gasteiger partial charge is 0.120 e. The van der Waals surface area contributed by atoms with Gasteiger partial charge in [0.05, 0.1) is 0 Å². The van der Waals surface area contributed by atoms with E-state index in [9.17, 15) is 0 Å². The fourth-order valence-electron chi connectivity index (χ4n) is 3.09. The second-order valence-electron chi connectivity index (χ2n) is 7.03. The van der Waals surface area contributed by atoms with Crippen molar-refractivity contribution in [2.24, 2.45) is 0 Å². The Balaban J connectivity index is 1.37. The highest BCUT2D eigenvalue weighted by Crippen LogP contribution is 2.20. The van der Waals surface area contributed by atoms with Crippen molar-refractivity contribution in [2.75, 3.05) is 0 Å². The molecule has 0 aliphatic carbocycles. The van der Waals surface area contributed by atoms with E-state index in [-0.39, 0.29) is 0 Å². The van der Waals surface area contributed by atoms with Crippen LogP contribution in [0.5, 0.6) is 11.5 Å². The van der Waals surface area contributed by atoms with Gasteiger partial charge in [-0.3, -0.25) is 0 Å². The quantitative estimate of drug-likeness (QED) is 0.300. The van der Waals surface area contributed by atoms with E-state index in [4.69, 9.17) is 9.47 Å². The Kier molecular flexibility index (Phi) is 6.59. The molecule has 4 aromatic carbocycles. The molecule has 4 rings (SSSR count). The van der Waals surface area contributed by atoms with Gasteiger partial charge in [0.2, 0.25) is 0 Å². The van der Waals surface area contributed by atoms with E-state index < -0.39 is 0 Å². The summed E-state index contributed by atoms with van der Waals surface area (Å²) in [6, 6.07) is 36.6. The molecule has 0 saturated carbocycles. The fraction of sp³-hybridized carbons (Fsp3) is 0.0714. The van der Waals surface area contributed by atoms with Gasteiger partial charge < -0.3 is 9.47 Å². The molecule has 0 amide bonds. The van der Waals surface area contributed by atoms with Crippen LogP contribution in [0.25, 0.3) is 12.2 Å². The van der Waals surface area contributed by atoms with Crippen molar-refractivity contribution in [3.05, 3.63) is 131 Å². The monoisotopic (exact) mass is 392 g/mol. The summed E-state index contributed by atoms with van der Waals surface area (Å²) in [5.41, 5.74) is 4.50. The Labute approximate surface area is 178 Å². The van der Waals surface area contributed by atoms with Gasteiger partial charge in [0.15, 0.2) is 0 Å². The maximum Gasteiger partial charge on any atom is 0.120 e. The minimum Gasteiger partial charge on any atom is -0.489 e. The first-order chi connectivity index (χ1) is 14.8. The van der Waals surface area contributed by atoms with Crippen LogP contribution in [0, 0.1) is 0 Å². The summed E-state index contributed by atoms with van der Waals surface area (Å²) in [7, 11) is 0. The number of benzene rings is 4. The Hall–Kier alpha value is -3.78. The zero-order chi connectivity index (χ0) is 20.4. The molecule has 0 aromatic heterocycles. The minimum atomic E-state index is 0.564. The van der Waals surface area contributed by atoms with Crippen LogP contribution in [-0.4, -0.2) is 0 Å². The molecule has 148 valence electrons. The largest absolute Gasteiger partial charge is 0.489 e. The standard InChI is InChI=1S/C28H24O2/c1-3-9-25(10-4-1)21-29-27-15-7-13-23(19-27)17-18-24-14-8-16-28(20-24)30-22-26-11-5-2-6-12-26/h1-20H,21-22H2/b18-17+. The molecule has 2 nitrogen and oxygen atoms in total. The third-order valence-electron chi connectivity index (χ3n) is 4.68. The summed E-state index contributed by atoms with van der Waals surface area (Å²) >= 11 is 0. The molecule has 0 atom stereocenters. The van der Waals surface area contributed by atoms with Gasteiger partial charge in [-0.2, -0.15) is 0 Å². The van der Waals surface area contributed by atoms with Gasteiger partial charge in [0.1, 0.15) is 24.7 Å². The molecule has 2 heteroatoms. The lowest BCUT2D eigenvalue weighted by atomic mass is 10.1. The normalized spacial score (nSPS) is 10.8. The highest BCUT2D eigenvalue weighted by molar-refractivity contribution is 5.70. The van der Waals surface area contributed by atoms with Gasteiger partial charge in [-0.05, 0) is 46.5 Å². The topological polar surface area (TPSA) is 18.5 Å². The molecule has 0 fully saturated rings. The van der Waals surface area contributed by atoms with Crippen molar-refractivity contribution in [1.29, 1.82) is 0 Å². The fourth-order valence-corrected chi connectivity index (χ4v) is 3.09. The van der Waals surface area contributed by atoms with Crippen LogP contribution >= 0.6 is 0 Å². The van der Waals surface area contributed by atoms with Gasteiger partial charge in [0, 0.05) is 0 Å². The molecule has 0 heterocycles. The van der Waals surface area contributed by atoms with E-state index in [0.717, 1.165) is 33.8 Å².